The standard InChI is InChI=1S/C22H20N4O6/c1-29-14-7-8-16(18(11-14)30-2)21-24-19(32-25-21)12-31-20(27)9-10-26-13-23-17-6-4-3-5-15(17)22(26)28/h3-8,11,13H,9-10,12H2,1-2H3. The van der Waals surface area contributed by atoms with Crippen LogP contribution in [0.15, 0.2) is 58.1 Å². The minimum Gasteiger partial charge on any atom is -0.497 e. The summed E-state index contributed by atoms with van der Waals surface area (Å²) in [4.78, 5) is 33.1. The van der Waals surface area contributed by atoms with E-state index in [1.54, 1.807) is 43.5 Å². The molecule has 0 atom stereocenters. The highest BCUT2D eigenvalue weighted by Gasteiger charge is 2.16. The predicted molar refractivity (Wildman–Crippen MR) is 113 cm³/mol. The van der Waals surface area contributed by atoms with E-state index in [0.717, 1.165) is 0 Å². The second-order valence-corrected chi connectivity index (χ2v) is 6.75. The molecule has 0 saturated carbocycles. The highest BCUT2D eigenvalue weighted by atomic mass is 16.6. The maximum Gasteiger partial charge on any atom is 0.308 e. The second-order valence-electron chi connectivity index (χ2n) is 6.75. The van der Waals surface area contributed by atoms with Crippen LogP contribution in [-0.4, -0.2) is 39.9 Å². The molecule has 0 saturated heterocycles. The number of methoxy groups -OCH3 is 2. The van der Waals surface area contributed by atoms with Crippen LogP contribution in [0.1, 0.15) is 12.3 Å². The molecule has 2 aromatic heterocycles. The van der Waals surface area contributed by atoms with E-state index in [0.29, 0.717) is 33.8 Å². The van der Waals surface area contributed by atoms with Crippen LogP contribution >= 0.6 is 0 Å². The van der Waals surface area contributed by atoms with E-state index in [1.165, 1.54) is 18.0 Å². The summed E-state index contributed by atoms with van der Waals surface area (Å²) in [6.45, 7) is -0.0389. The Morgan fingerprint density at radius 2 is 1.97 bits per heavy atom. The number of fused-ring (bicyclic) bond motifs is 1. The molecule has 2 aromatic carbocycles. The lowest BCUT2D eigenvalue weighted by Crippen LogP contribution is -2.22. The molecule has 32 heavy (non-hydrogen) atoms. The van der Waals surface area contributed by atoms with Gasteiger partial charge in [0.05, 0.1) is 43.4 Å². The van der Waals surface area contributed by atoms with E-state index in [9.17, 15) is 9.59 Å². The van der Waals surface area contributed by atoms with Gasteiger partial charge in [-0.2, -0.15) is 4.98 Å². The summed E-state index contributed by atoms with van der Waals surface area (Å²) in [7, 11) is 3.08. The van der Waals surface area contributed by atoms with Gasteiger partial charge in [0.25, 0.3) is 11.4 Å². The van der Waals surface area contributed by atoms with Crippen molar-refractivity contribution < 1.29 is 23.5 Å². The van der Waals surface area contributed by atoms with Gasteiger partial charge in [-0.25, -0.2) is 4.98 Å². The normalized spacial score (nSPS) is 10.8. The summed E-state index contributed by atoms with van der Waals surface area (Å²) in [5.41, 5.74) is 1.01. The Kier molecular flexibility index (Phi) is 6.11. The quantitative estimate of drug-likeness (QED) is 0.384. The molecule has 0 fully saturated rings. The SMILES string of the molecule is COc1ccc(-c2noc(COC(=O)CCn3cnc4ccccc4c3=O)n2)c(OC)c1. The van der Waals surface area contributed by atoms with Crippen LogP contribution in [0.2, 0.25) is 0 Å². The summed E-state index contributed by atoms with van der Waals surface area (Å²) in [6.07, 6.45) is 1.41. The molecule has 0 spiro atoms. The van der Waals surface area contributed by atoms with Crippen LogP contribution in [0.5, 0.6) is 11.5 Å². The first-order valence-electron chi connectivity index (χ1n) is 9.74. The Morgan fingerprint density at radius 1 is 1.12 bits per heavy atom. The minimum absolute atomic E-state index is 0.00672. The molecule has 4 rings (SSSR count). The van der Waals surface area contributed by atoms with Gasteiger partial charge in [0.2, 0.25) is 5.82 Å². The average molecular weight is 436 g/mol. The zero-order chi connectivity index (χ0) is 22.5. The van der Waals surface area contributed by atoms with Crippen LogP contribution in [0, 0.1) is 0 Å². The first-order valence-corrected chi connectivity index (χ1v) is 9.74. The average Bonchev–Trinajstić information content (AvgIpc) is 3.31. The van der Waals surface area contributed by atoms with Crippen molar-refractivity contribution in [2.45, 2.75) is 19.6 Å². The van der Waals surface area contributed by atoms with Crippen molar-refractivity contribution in [3.05, 3.63) is 65.0 Å². The predicted octanol–water partition coefficient (Wildman–Crippen LogP) is 2.60. The van der Waals surface area contributed by atoms with Crippen LogP contribution < -0.4 is 15.0 Å². The summed E-state index contributed by atoms with van der Waals surface area (Å²) in [5.74, 6) is 1.07. The molecule has 4 aromatic rings. The molecule has 0 aliphatic rings. The van der Waals surface area contributed by atoms with Gasteiger partial charge in [-0.3, -0.25) is 14.2 Å². The van der Waals surface area contributed by atoms with Crippen molar-refractivity contribution in [1.82, 2.24) is 19.7 Å². The first-order chi connectivity index (χ1) is 15.6. The number of esters is 1. The Hall–Kier alpha value is -4.21. The van der Waals surface area contributed by atoms with Crippen LogP contribution in [0.4, 0.5) is 0 Å². The lowest BCUT2D eigenvalue weighted by atomic mass is 10.2. The Bertz CT molecular complexity index is 1310. The van der Waals surface area contributed by atoms with Gasteiger partial charge in [0.1, 0.15) is 11.5 Å². The van der Waals surface area contributed by atoms with Crippen LogP contribution in [0.25, 0.3) is 22.3 Å². The van der Waals surface area contributed by atoms with E-state index in [2.05, 4.69) is 15.1 Å². The summed E-state index contributed by atoms with van der Waals surface area (Å²) in [6, 6.07) is 12.2. The van der Waals surface area contributed by atoms with Crippen molar-refractivity contribution in [1.29, 1.82) is 0 Å². The molecule has 10 nitrogen and oxygen atoms in total. The topological polar surface area (TPSA) is 119 Å². The summed E-state index contributed by atoms with van der Waals surface area (Å²) < 4.78 is 22.3. The molecular formula is C22H20N4O6. The molecule has 0 N–H and O–H groups in total. The van der Waals surface area contributed by atoms with Crippen LogP contribution in [0.3, 0.4) is 0 Å². The summed E-state index contributed by atoms with van der Waals surface area (Å²) >= 11 is 0. The maximum atomic E-state index is 12.5. The Balaban J connectivity index is 1.36. The lowest BCUT2D eigenvalue weighted by Gasteiger charge is -2.07. The monoisotopic (exact) mass is 436 g/mol. The number of hydrogen-bond donors (Lipinski definition) is 0. The van der Waals surface area contributed by atoms with Gasteiger partial charge in [0.15, 0.2) is 6.61 Å². The maximum absolute atomic E-state index is 12.5. The van der Waals surface area contributed by atoms with E-state index >= 15 is 0 Å². The zero-order valence-corrected chi connectivity index (χ0v) is 17.5. The summed E-state index contributed by atoms with van der Waals surface area (Å²) in [5, 5.41) is 4.41. The minimum atomic E-state index is -0.508. The van der Waals surface area contributed by atoms with Gasteiger partial charge in [-0.15, -0.1) is 0 Å². The third-order valence-electron chi connectivity index (χ3n) is 4.76. The highest BCUT2D eigenvalue weighted by molar-refractivity contribution is 5.77. The van der Waals surface area contributed by atoms with Crippen LogP contribution in [-0.2, 0) is 22.7 Å². The molecule has 0 aliphatic carbocycles. The number of ether oxygens (including phenoxy) is 3. The molecule has 0 amide bonds. The van der Waals surface area contributed by atoms with Gasteiger partial charge >= 0.3 is 5.97 Å². The van der Waals surface area contributed by atoms with Gasteiger partial charge in [0, 0.05) is 12.6 Å². The second kappa shape index (κ2) is 9.29. The zero-order valence-electron chi connectivity index (χ0n) is 17.5. The Morgan fingerprint density at radius 3 is 2.78 bits per heavy atom. The number of hydrogen-bond acceptors (Lipinski definition) is 9. The number of aromatic nitrogens is 4. The number of carbonyl (C=O) groups is 1. The van der Waals surface area contributed by atoms with Crippen molar-refractivity contribution in [2.24, 2.45) is 0 Å². The van der Waals surface area contributed by atoms with Gasteiger partial charge < -0.3 is 18.7 Å². The number of carbonyl (C=O) groups excluding carboxylic acids is 1. The Labute approximate surface area is 182 Å². The van der Waals surface area contributed by atoms with E-state index in [4.69, 9.17) is 18.7 Å². The molecule has 0 aliphatic heterocycles. The smallest absolute Gasteiger partial charge is 0.308 e. The number of para-hydroxylation sites is 1. The molecular weight excluding hydrogens is 416 g/mol. The molecule has 2 heterocycles. The first kappa shape index (κ1) is 21.0. The number of benzene rings is 2. The number of nitrogens with zero attached hydrogens (tertiary/aromatic N) is 4. The highest BCUT2D eigenvalue weighted by Crippen LogP contribution is 2.31. The third kappa shape index (κ3) is 4.43. The number of aryl methyl sites for hydroxylation is 1. The molecule has 0 radical (unpaired) electrons. The largest absolute Gasteiger partial charge is 0.497 e. The third-order valence-corrected chi connectivity index (χ3v) is 4.76. The van der Waals surface area contributed by atoms with E-state index < -0.39 is 5.97 Å². The van der Waals surface area contributed by atoms with E-state index in [-0.39, 0.29) is 31.0 Å². The van der Waals surface area contributed by atoms with Crippen molar-refractivity contribution in [2.75, 3.05) is 14.2 Å². The van der Waals surface area contributed by atoms with Gasteiger partial charge in [-0.05, 0) is 24.3 Å². The van der Waals surface area contributed by atoms with Crippen molar-refractivity contribution >= 4 is 16.9 Å². The van der Waals surface area contributed by atoms with Crippen molar-refractivity contribution in [3.63, 3.8) is 0 Å². The number of rotatable bonds is 8. The van der Waals surface area contributed by atoms with E-state index in [1.807, 2.05) is 6.07 Å². The fourth-order valence-corrected chi connectivity index (χ4v) is 3.10. The molecule has 0 bridgehead atoms. The fraction of sp³-hybridized carbons (Fsp3) is 0.227. The molecule has 164 valence electrons. The lowest BCUT2D eigenvalue weighted by molar-refractivity contribution is -0.146. The van der Waals surface area contributed by atoms with Crippen molar-refractivity contribution in [3.8, 4) is 22.9 Å². The fourth-order valence-electron chi connectivity index (χ4n) is 3.10. The molecule has 10 heteroatoms. The molecule has 0 unspecified atom stereocenters. The van der Waals surface area contributed by atoms with Gasteiger partial charge in [-0.1, -0.05) is 17.3 Å².